The highest BCUT2D eigenvalue weighted by atomic mass is 79.9. The Bertz CT molecular complexity index is 1670. The van der Waals surface area contributed by atoms with Crippen LogP contribution in [0.3, 0.4) is 0 Å². The van der Waals surface area contributed by atoms with E-state index in [1.807, 2.05) is 0 Å². The number of unbranched alkanes of at least 4 members (excludes halogenated alkanes) is 12. The summed E-state index contributed by atoms with van der Waals surface area (Å²) in [6.07, 6.45) is 20.2. The van der Waals surface area contributed by atoms with E-state index < -0.39 is 0 Å². The Morgan fingerprint density at radius 3 is 1.40 bits per heavy atom. The van der Waals surface area contributed by atoms with Crippen molar-refractivity contribution in [2.45, 2.75) is 123 Å². The summed E-state index contributed by atoms with van der Waals surface area (Å²) in [6, 6.07) is 4.24. The van der Waals surface area contributed by atoms with Gasteiger partial charge in [0.15, 0.2) is 0 Å². The molecule has 0 bridgehead atoms. The number of thiophene rings is 4. The summed E-state index contributed by atoms with van der Waals surface area (Å²) in [4.78, 5) is 28.9. The van der Waals surface area contributed by atoms with E-state index in [-0.39, 0.29) is 11.1 Å². The van der Waals surface area contributed by atoms with E-state index in [0.29, 0.717) is 12.5 Å². The highest BCUT2D eigenvalue weighted by molar-refractivity contribution is 9.11. The molecule has 3 nitrogen and oxygen atoms in total. The first-order valence-electron chi connectivity index (χ1n) is 16.2. The molecule has 0 N–H and O–H groups in total. The molecule has 0 aliphatic rings. The molecular formula is C34H43Br2NO2S4. The molecule has 0 aromatic carbocycles. The van der Waals surface area contributed by atoms with Crippen molar-refractivity contribution in [2.75, 3.05) is 0 Å². The first-order valence-corrected chi connectivity index (χ1v) is 21.1. The van der Waals surface area contributed by atoms with Gasteiger partial charge in [0.2, 0.25) is 0 Å². The molecule has 5 aromatic heterocycles. The number of nitrogens with zero attached hydrogens (tertiary/aromatic N) is 1. The maximum Gasteiger partial charge on any atom is 0.263 e. The molecule has 0 radical (unpaired) electrons. The molecule has 0 spiro atoms. The van der Waals surface area contributed by atoms with E-state index in [0.717, 1.165) is 59.4 Å². The summed E-state index contributed by atoms with van der Waals surface area (Å²) in [7, 11) is 0. The molecule has 9 heteroatoms. The molecule has 0 fully saturated rings. The standard InChI is InChI=1S/C34H43Br2NO2S4/c1-3-5-7-9-11-12-14-16-18-22(17-15-13-10-8-6-4-2)21-37-33(38)27-29-23(19-25(35)42-29)40-31(27)32-28(34(37)39)30-24(41-32)20-26(36)43-30/h19-20,22H,3-18,21H2,1-2H3. The second kappa shape index (κ2) is 16.3. The second-order valence-electron chi connectivity index (χ2n) is 12.0. The fraction of sp³-hybridized carbons (Fsp3) is 0.588. The molecule has 5 aromatic rings. The van der Waals surface area contributed by atoms with Gasteiger partial charge >= 0.3 is 0 Å². The van der Waals surface area contributed by atoms with Crippen LogP contribution in [0.1, 0.15) is 117 Å². The fourth-order valence-corrected chi connectivity index (χ4v) is 12.9. The van der Waals surface area contributed by atoms with Crippen molar-refractivity contribution in [3.63, 3.8) is 0 Å². The van der Waals surface area contributed by atoms with E-state index in [1.165, 1.54) is 89.9 Å². The van der Waals surface area contributed by atoms with Crippen LogP contribution in [0.15, 0.2) is 29.3 Å². The zero-order chi connectivity index (χ0) is 30.3. The van der Waals surface area contributed by atoms with E-state index >= 15 is 0 Å². The average molecular weight is 786 g/mol. The van der Waals surface area contributed by atoms with E-state index in [1.54, 1.807) is 49.9 Å². The van der Waals surface area contributed by atoms with Gasteiger partial charge in [-0.1, -0.05) is 104 Å². The number of aromatic nitrogens is 1. The van der Waals surface area contributed by atoms with Gasteiger partial charge in [0.1, 0.15) is 0 Å². The third-order valence-corrected chi connectivity index (χ3v) is 14.7. The third-order valence-electron chi connectivity index (χ3n) is 8.67. The van der Waals surface area contributed by atoms with Crippen LogP contribution in [0.25, 0.3) is 39.0 Å². The number of fused-ring (bicyclic) bond motifs is 7. The maximum absolute atomic E-state index is 14.4. The van der Waals surface area contributed by atoms with Crippen LogP contribution < -0.4 is 11.1 Å². The topological polar surface area (TPSA) is 39.1 Å². The summed E-state index contributed by atoms with van der Waals surface area (Å²) in [6.45, 7) is 5.06. The highest BCUT2D eigenvalue weighted by Crippen LogP contribution is 2.47. The highest BCUT2D eigenvalue weighted by Gasteiger charge is 2.23. The number of hydrogen-bond acceptors (Lipinski definition) is 6. The third kappa shape index (κ3) is 8.05. The van der Waals surface area contributed by atoms with Gasteiger partial charge in [-0.15, -0.1) is 45.3 Å². The molecule has 1 unspecified atom stereocenters. The van der Waals surface area contributed by atoms with Crippen molar-refractivity contribution in [1.82, 2.24) is 4.57 Å². The van der Waals surface area contributed by atoms with Crippen molar-refractivity contribution >= 4 is 116 Å². The lowest BCUT2D eigenvalue weighted by atomic mass is 9.93. The van der Waals surface area contributed by atoms with Gasteiger partial charge in [-0.25, -0.2) is 0 Å². The van der Waals surface area contributed by atoms with Gasteiger partial charge in [-0.3, -0.25) is 14.2 Å². The van der Waals surface area contributed by atoms with Crippen LogP contribution in [-0.4, -0.2) is 4.57 Å². The minimum absolute atomic E-state index is 0.100. The van der Waals surface area contributed by atoms with Crippen LogP contribution in [-0.2, 0) is 6.54 Å². The Morgan fingerprint density at radius 1 is 0.581 bits per heavy atom. The molecule has 5 heterocycles. The monoisotopic (exact) mass is 783 g/mol. The smallest absolute Gasteiger partial charge is 0.263 e. The molecule has 0 aliphatic heterocycles. The van der Waals surface area contributed by atoms with Crippen LogP contribution in [0.4, 0.5) is 0 Å². The summed E-state index contributed by atoms with van der Waals surface area (Å²) in [5.74, 6) is 0.345. The number of rotatable bonds is 18. The van der Waals surface area contributed by atoms with Crippen LogP contribution in [0.5, 0.6) is 0 Å². The van der Waals surface area contributed by atoms with Gasteiger partial charge in [-0.2, -0.15) is 0 Å². The zero-order valence-electron chi connectivity index (χ0n) is 25.4. The molecule has 0 aliphatic carbocycles. The van der Waals surface area contributed by atoms with Crippen molar-refractivity contribution in [1.29, 1.82) is 0 Å². The first kappa shape index (κ1) is 33.8. The molecule has 0 amide bonds. The Balaban J connectivity index is 1.48. The summed E-state index contributed by atoms with van der Waals surface area (Å²) in [5, 5.41) is 1.47. The first-order chi connectivity index (χ1) is 20.9. The normalized spacial score (nSPS) is 12.9. The van der Waals surface area contributed by atoms with Crippen molar-refractivity contribution < 1.29 is 0 Å². The molecule has 1 atom stereocenters. The lowest BCUT2D eigenvalue weighted by molar-refractivity contribution is 0.351. The Labute approximate surface area is 288 Å². The summed E-state index contributed by atoms with van der Waals surface area (Å²) >= 11 is 13.8. The molecular weight excluding hydrogens is 742 g/mol. The lowest BCUT2D eigenvalue weighted by Gasteiger charge is -2.18. The largest absolute Gasteiger partial charge is 0.274 e. The van der Waals surface area contributed by atoms with E-state index in [9.17, 15) is 9.59 Å². The summed E-state index contributed by atoms with van der Waals surface area (Å²) < 4.78 is 9.92. The van der Waals surface area contributed by atoms with Crippen LogP contribution in [0.2, 0.25) is 0 Å². The predicted molar refractivity (Wildman–Crippen MR) is 203 cm³/mol. The van der Waals surface area contributed by atoms with Gasteiger partial charge in [0, 0.05) is 15.9 Å². The Morgan fingerprint density at radius 2 is 0.977 bits per heavy atom. The fourth-order valence-electron chi connectivity index (χ4n) is 6.32. The molecule has 0 saturated carbocycles. The summed E-state index contributed by atoms with van der Waals surface area (Å²) in [5.41, 5.74) is -0.201. The number of hydrogen-bond donors (Lipinski definition) is 0. The van der Waals surface area contributed by atoms with E-state index in [2.05, 4.69) is 57.8 Å². The Kier molecular flexibility index (Phi) is 12.8. The van der Waals surface area contributed by atoms with Gasteiger partial charge in [0.05, 0.1) is 37.1 Å². The average Bonchev–Trinajstić information content (AvgIpc) is 3.70. The number of halogens is 2. The van der Waals surface area contributed by atoms with Crippen LogP contribution >= 0.6 is 77.2 Å². The lowest BCUT2D eigenvalue weighted by Crippen LogP contribution is -2.33. The van der Waals surface area contributed by atoms with Crippen molar-refractivity contribution in [2.24, 2.45) is 5.92 Å². The quantitative estimate of drug-likeness (QED) is 0.0830. The molecule has 0 saturated heterocycles. The maximum atomic E-state index is 14.4. The zero-order valence-corrected chi connectivity index (χ0v) is 31.8. The predicted octanol–water partition coefficient (Wildman–Crippen LogP) is 13.5. The van der Waals surface area contributed by atoms with Crippen LogP contribution in [0, 0.1) is 5.92 Å². The molecule has 43 heavy (non-hydrogen) atoms. The second-order valence-corrected chi connectivity index (χ2v) is 19.0. The van der Waals surface area contributed by atoms with Gasteiger partial charge in [-0.05, 0) is 62.8 Å². The molecule has 234 valence electrons. The van der Waals surface area contributed by atoms with Gasteiger partial charge in [0.25, 0.3) is 11.1 Å². The van der Waals surface area contributed by atoms with Crippen molar-refractivity contribution in [3.8, 4) is 0 Å². The van der Waals surface area contributed by atoms with E-state index in [4.69, 9.17) is 0 Å². The minimum atomic E-state index is -0.100. The molecule has 5 rings (SSSR count). The Hall–Kier alpha value is -0.580. The minimum Gasteiger partial charge on any atom is -0.274 e. The van der Waals surface area contributed by atoms with Gasteiger partial charge < -0.3 is 0 Å². The van der Waals surface area contributed by atoms with Crippen molar-refractivity contribution in [3.05, 3.63) is 40.4 Å². The SMILES string of the molecule is CCCCCCCCCCC(CCCCCCCC)Cn1c(=O)c2c3sc(Br)cc3sc2c2sc3cc(Br)sc3c2c1=O.